The van der Waals surface area contributed by atoms with E-state index in [0.29, 0.717) is 22.7 Å². The molecular formula is C25H27N3O2. The van der Waals surface area contributed by atoms with Crippen molar-refractivity contribution in [1.29, 1.82) is 5.26 Å². The van der Waals surface area contributed by atoms with Crippen molar-refractivity contribution in [3.63, 3.8) is 0 Å². The minimum Gasteiger partial charge on any atom is -0.348 e. The van der Waals surface area contributed by atoms with E-state index >= 15 is 0 Å². The number of nitrogens with one attached hydrogen (secondary N) is 2. The number of hydrogen-bond donors (Lipinski definition) is 2. The summed E-state index contributed by atoms with van der Waals surface area (Å²) in [6.45, 7) is 4.11. The number of anilines is 1. The van der Waals surface area contributed by atoms with E-state index in [1.54, 1.807) is 42.5 Å². The number of carbonyl (C=O) groups is 2. The van der Waals surface area contributed by atoms with Crippen LogP contribution in [0.5, 0.6) is 0 Å². The first-order valence-corrected chi connectivity index (χ1v) is 10.4. The molecule has 0 heterocycles. The highest BCUT2D eigenvalue weighted by molar-refractivity contribution is 6.05. The molecule has 3 rings (SSSR count). The highest BCUT2D eigenvalue weighted by atomic mass is 16.2. The highest BCUT2D eigenvalue weighted by Crippen LogP contribution is 2.24. The van der Waals surface area contributed by atoms with E-state index in [9.17, 15) is 14.9 Å². The molecule has 154 valence electrons. The molecule has 0 aliphatic heterocycles. The van der Waals surface area contributed by atoms with Gasteiger partial charge in [0.25, 0.3) is 11.8 Å². The van der Waals surface area contributed by atoms with Gasteiger partial charge in [-0.15, -0.1) is 0 Å². The van der Waals surface area contributed by atoms with Crippen LogP contribution in [0.2, 0.25) is 0 Å². The maximum atomic E-state index is 12.6. The maximum absolute atomic E-state index is 12.6. The van der Waals surface area contributed by atoms with E-state index in [4.69, 9.17) is 0 Å². The van der Waals surface area contributed by atoms with Gasteiger partial charge in [0.15, 0.2) is 0 Å². The molecular weight excluding hydrogens is 374 g/mol. The average molecular weight is 402 g/mol. The molecule has 0 saturated heterocycles. The average Bonchev–Trinajstić information content (AvgIpc) is 2.74. The van der Waals surface area contributed by atoms with Crippen LogP contribution in [0.4, 0.5) is 5.69 Å². The SMILES string of the molecule is Cc1ccc(C(=O)Nc2cccc(/C=C(\C#N)C(=O)NC3CCCCC3C)c2)cc1. The van der Waals surface area contributed by atoms with Gasteiger partial charge in [0.05, 0.1) is 0 Å². The summed E-state index contributed by atoms with van der Waals surface area (Å²) in [5.74, 6) is -0.131. The van der Waals surface area contributed by atoms with E-state index in [0.717, 1.165) is 24.8 Å². The third-order valence-electron chi connectivity index (χ3n) is 5.56. The Balaban J connectivity index is 1.71. The van der Waals surface area contributed by atoms with Crippen LogP contribution < -0.4 is 10.6 Å². The monoisotopic (exact) mass is 401 g/mol. The smallest absolute Gasteiger partial charge is 0.262 e. The number of nitrogens with zero attached hydrogens (tertiary/aromatic N) is 1. The molecule has 0 radical (unpaired) electrons. The van der Waals surface area contributed by atoms with Crippen LogP contribution in [0, 0.1) is 24.2 Å². The molecule has 0 bridgehead atoms. The summed E-state index contributed by atoms with van der Waals surface area (Å²) in [5, 5.41) is 15.4. The zero-order valence-electron chi connectivity index (χ0n) is 17.4. The minimum atomic E-state index is -0.342. The summed E-state index contributed by atoms with van der Waals surface area (Å²) < 4.78 is 0. The molecule has 2 unspecified atom stereocenters. The number of aryl methyl sites for hydroxylation is 1. The van der Waals surface area contributed by atoms with Gasteiger partial charge < -0.3 is 10.6 Å². The van der Waals surface area contributed by atoms with Crippen LogP contribution in [0.3, 0.4) is 0 Å². The van der Waals surface area contributed by atoms with Gasteiger partial charge in [0, 0.05) is 17.3 Å². The summed E-state index contributed by atoms with van der Waals surface area (Å²) >= 11 is 0. The summed E-state index contributed by atoms with van der Waals surface area (Å²) in [5.41, 5.74) is 3.01. The Hall–Kier alpha value is -3.39. The van der Waals surface area contributed by atoms with Crippen molar-refractivity contribution in [2.24, 2.45) is 5.92 Å². The van der Waals surface area contributed by atoms with Crippen LogP contribution in [-0.4, -0.2) is 17.9 Å². The van der Waals surface area contributed by atoms with Gasteiger partial charge in [-0.1, -0.05) is 49.6 Å². The molecule has 30 heavy (non-hydrogen) atoms. The molecule has 1 aliphatic rings. The van der Waals surface area contributed by atoms with Crippen molar-refractivity contribution in [3.05, 3.63) is 70.8 Å². The number of benzene rings is 2. The number of nitriles is 1. The van der Waals surface area contributed by atoms with Gasteiger partial charge in [-0.05, 0) is 61.6 Å². The second-order valence-corrected chi connectivity index (χ2v) is 7.96. The zero-order chi connectivity index (χ0) is 21.5. The van der Waals surface area contributed by atoms with Crippen molar-refractivity contribution in [2.45, 2.75) is 45.6 Å². The lowest BCUT2D eigenvalue weighted by Crippen LogP contribution is -2.41. The second kappa shape index (κ2) is 9.89. The standard InChI is InChI=1S/C25H27N3O2/c1-17-10-12-20(13-11-17)24(29)27-22-8-5-7-19(15-22)14-21(16-26)25(30)28-23-9-4-3-6-18(23)2/h5,7-8,10-15,18,23H,3-4,6,9H2,1-2H3,(H,27,29)(H,28,30)/b21-14+. The van der Waals surface area contributed by atoms with E-state index in [2.05, 4.69) is 17.6 Å². The molecule has 1 aliphatic carbocycles. The molecule has 1 saturated carbocycles. The van der Waals surface area contributed by atoms with Crippen molar-refractivity contribution in [3.8, 4) is 6.07 Å². The van der Waals surface area contributed by atoms with Crippen molar-refractivity contribution in [2.75, 3.05) is 5.32 Å². The molecule has 1 fully saturated rings. The third-order valence-corrected chi connectivity index (χ3v) is 5.56. The van der Waals surface area contributed by atoms with Crippen molar-refractivity contribution in [1.82, 2.24) is 5.32 Å². The Morgan fingerprint density at radius 2 is 1.83 bits per heavy atom. The van der Waals surface area contributed by atoms with Gasteiger partial charge in [-0.2, -0.15) is 5.26 Å². The summed E-state index contributed by atoms with van der Waals surface area (Å²) in [6.07, 6.45) is 5.90. The molecule has 2 atom stereocenters. The topological polar surface area (TPSA) is 82.0 Å². The second-order valence-electron chi connectivity index (χ2n) is 7.96. The fourth-order valence-corrected chi connectivity index (χ4v) is 3.71. The van der Waals surface area contributed by atoms with E-state index in [1.807, 2.05) is 25.1 Å². The van der Waals surface area contributed by atoms with Gasteiger partial charge in [-0.3, -0.25) is 9.59 Å². The molecule has 2 amide bonds. The molecule has 2 aromatic rings. The molecule has 2 aromatic carbocycles. The normalized spacial score (nSPS) is 18.9. The maximum Gasteiger partial charge on any atom is 0.262 e. The lowest BCUT2D eigenvalue weighted by atomic mass is 9.86. The fourth-order valence-electron chi connectivity index (χ4n) is 3.71. The third kappa shape index (κ3) is 5.57. The van der Waals surface area contributed by atoms with Gasteiger partial charge in [0.1, 0.15) is 11.6 Å². The van der Waals surface area contributed by atoms with Crippen molar-refractivity contribution < 1.29 is 9.59 Å². The highest BCUT2D eigenvalue weighted by Gasteiger charge is 2.24. The molecule has 5 heteroatoms. The lowest BCUT2D eigenvalue weighted by molar-refractivity contribution is -0.118. The summed E-state index contributed by atoms with van der Waals surface area (Å²) in [7, 11) is 0. The van der Waals surface area contributed by atoms with E-state index in [-0.39, 0.29) is 23.4 Å². The molecule has 2 N–H and O–H groups in total. The Bertz CT molecular complexity index is 986. The fraction of sp³-hybridized carbons (Fsp3) is 0.320. The largest absolute Gasteiger partial charge is 0.348 e. The molecule has 5 nitrogen and oxygen atoms in total. The zero-order valence-corrected chi connectivity index (χ0v) is 17.4. The first-order chi connectivity index (χ1) is 14.5. The van der Waals surface area contributed by atoms with Gasteiger partial charge in [0.2, 0.25) is 0 Å². The van der Waals surface area contributed by atoms with Gasteiger partial charge in [-0.25, -0.2) is 0 Å². The van der Waals surface area contributed by atoms with Crippen molar-refractivity contribution >= 4 is 23.6 Å². The molecule has 0 aromatic heterocycles. The van der Waals surface area contributed by atoms with Crippen LogP contribution >= 0.6 is 0 Å². The Labute approximate surface area is 177 Å². The first kappa shape index (κ1) is 21.3. The Morgan fingerprint density at radius 3 is 2.53 bits per heavy atom. The summed E-state index contributed by atoms with van der Waals surface area (Å²) in [6, 6.07) is 16.6. The first-order valence-electron chi connectivity index (χ1n) is 10.4. The van der Waals surface area contributed by atoms with Crippen LogP contribution in [-0.2, 0) is 4.79 Å². The predicted octanol–water partition coefficient (Wildman–Crippen LogP) is 4.85. The lowest BCUT2D eigenvalue weighted by Gasteiger charge is -2.29. The Morgan fingerprint density at radius 1 is 1.10 bits per heavy atom. The predicted molar refractivity (Wildman–Crippen MR) is 119 cm³/mol. The quantitative estimate of drug-likeness (QED) is 0.555. The minimum absolute atomic E-state index is 0.0646. The number of amides is 2. The van der Waals surface area contributed by atoms with Gasteiger partial charge >= 0.3 is 0 Å². The Kier molecular flexibility index (Phi) is 7.03. The van der Waals surface area contributed by atoms with Crippen LogP contribution in [0.25, 0.3) is 6.08 Å². The summed E-state index contributed by atoms with van der Waals surface area (Å²) in [4.78, 5) is 25.0. The van der Waals surface area contributed by atoms with E-state index < -0.39 is 0 Å². The number of carbonyl (C=O) groups excluding carboxylic acids is 2. The number of hydrogen-bond acceptors (Lipinski definition) is 3. The molecule has 0 spiro atoms. The van der Waals surface area contributed by atoms with Crippen LogP contribution in [0.1, 0.15) is 54.1 Å². The van der Waals surface area contributed by atoms with Crippen LogP contribution in [0.15, 0.2) is 54.1 Å². The van der Waals surface area contributed by atoms with E-state index in [1.165, 1.54) is 6.42 Å². The number of rotatable bonds is 5.